The van der Waals surface area contributed by atoms with E-state index in [9.17, 15) is 9.90 Å². The van der Waals surface area contributed by atoms with Crippen molar-refractivity contribution in [2.45, 2.75) is 37.8 Å². The van der Waals surface area contributed by atoms with E-state index in [2.05, 4.69) is 20.6 Å². The lowest BCUT2D eigenvalue weighted by molar-refractivity contribution is -0.134. The molecule has 0 unspecified atom stereocenters. The molecule has 1 aromatic heterocycles. The van der Waals surface area contributed by atoms with Crippen molar-refractivity contribution in [1.29, 1.82) is 0 Å². The van der Waals surface area contributed by atoms with E-state index in [1.807, 2.05) is 30.3 Å². The zero-order chi connectivity index (χ0) is 20.4. The van der Waals surface area contributed by atoms with Crippen molar-refractivity contribution in [3.05, 3.63) is 60.2 Å². The van der Waals surface area contributed by atoms with Crippen LogP contribution in [0.5, 0.6) is 0 Å². The molecule has 8 nitrogen and oxygen atoms in total. The van der Waals surface area contributed by atoms with Gasteiger partial charge in [0.25, 0.3) is 5.97 Å². The van der Waals surface area contributed by atoms with Crippen LogP contribution < -0.4 is 10.6 Å². The molecule has 0 bridgehead atoms. The normalized spacial score (nSPS) is 21.1. The first-order chi connectivity index (χ1) is 13.4. The van der Waals surface area contributed by atoms with Crippen LogP contribution in [0.25, 0.3) is 0 Å². The fraction of sp³-hybridized carbons (Fsp3) is 0.400. The first-order valence-electron chi connectivity index (χ1n) is 9.14. The van der Waals surface area contributed by atoms with E-state index in [1.54, 1.807) is 18.6 Å². The third-order valence-corrected chi connectivity index (χ3v) is 4.48. The van der Waals surface area contributed by atoms with Gasteiger partial charge in [-0.05, 0) is 24.9 Å². The van der Waals surface area contributed by atoms with E-state index in [1.165, 1.54) is 0 Å². The van der Waals surface area contributed by atoms with Crippen LogP contribution in [0, 0.1) is 0 Å². The molecular formula is C20H26N4O4. The third-order valence-electron chi connectivity index (χ3n) is 4.48. The highest BCUT2D eigenvalue weighted by atomic mass is 16.4. The number of rotatable bonds is 5. The number of β-amino-alcohol motifs (C(OH)–C–C–N with tert-alkyl or cyclic N) is 1. The summed E-state index contributed by atoms with van der Waals surface area (Å²) in [5.74, 6) is -0.926. The van der Waals surface area contributed by atoms with E-state index in [-0.39, 0.29) is 5.91 Å². The second-order valence-corrected chi connectivity index (χ2v) is 6.57. The molecular weight excluding hydrogens is 360 g/mol. The van der Waals surface area contributed by atoms with Gasteiger partial charge in [-0.1, -0.05) is 30.3 Å². The van der Waals surface area contributed by atoms with Crippen LogP contribution in [0.2, 0.25) is 0 Å². The average molecular weight is 386 g/mol. The fourth-order valence-electron chi connectivity index (χ4n) is 3.17. The summed E-state index contributed by atoms with van der Waals surface area (Å²) >= 11 is 0. The molecule has 1 aromatic carbocycles. The molecule has 150 valence electrons. The number of aryl methyl sites for hydroxylation is 1. The van der Waals surface area contributed by atoms with E-state index in [0.717, 1.165) is 24.7 Å². The zero-order valence-corrected chi connectivity index (χ0v) is 15.8. The highest BCUT2D eigenvalue weighted by Gasteiger charge is 2.42. The van der Waals surface area contributed by atoms with Gasteiger partial charge in [-0.15, -0.1) is 0 Å². The molecule has 2 heterocycles. The lowest BCUT2D eigenvalue weighted by atomic mass is 9.79. The molecule has 0 spiro atoms. The SMILES string of the molecule is CC(=O)O.O=C(CCc1cnccn1)N[C@@]1(c2ccccc2)CCNC[C@H]1O. The fourth-order valence-corrected chi connectivity index (χ4v) is 3.17. The predicted octanol–water partition coefficient (Wildman–Crippen LogP) is 0.866. The Bertz CT molecular complexity index is 753. The largest absolute Gasteiger partial charge is 0.481 e. The minimum atomic E-state index is -0.833. The van der Waals surface area contributed by atoms with Crippen molar-refractivity contribution < 1.29 is 19.8 Å². The van der Waals surface area contributed by atoms with Gasteiger partial charge in [0.2, 0.25) is 5.91 Å². The second kappa shape index (κ2) is 10.5. The molecule has 2 atom stereocenters. The molecule has 1 aliphatic heterocycles. The minimum absolute atomic E-state index is 0.0922. The number of carbonyl (C=O) groups excluding carboxylic acids is 1. The summed E-state index contributed by atoms with van der Waals surface area (Å²) in [6, 6.07) is 9.70. The van der Waals surface area contributed by atoms with E-state index < -0.39 is 17.6 Å². The number of aliphatic carboxylic acids is 1. The smallest absolute Gasteiger partial charge is 0.300 e. The summed E-state index contributed by atoms with van der Waals surface area (Å²) in [6.07, 6.45) is 5.71. The van der Waals surface area contributed by atoms with Gasteiger partial charge in [-0.3, -0.25) is 19.6 Å². The lowest BCUT2D eigenvalue weighted by Crippen LogP contribution is -2.61. The maximum atomic E-state index is 12.5. The summed E-state index contributed by atoms with van der Waals surface area (Å²) in [5, 5.41) is 24.3. The number of hydrogen-bond acceptors (Lipinski definition) is 6. The molecule has 1 aliphatic rings. The number of aliphatic hydroxyl groups excluding tert-OH is 1. The Morgan fingerprint density at radius 1 is 1.29 bits per heavy atom. The minimum Gasteiger partial charge on any atom is -0.481 e. The van der Waals surface area contributed by atoms with Gasteiger partial charge in [-0.25, -0.2) is 0 Å². The Kier molecular flexibility index (Phi) is 8.03. The molecule has 2 aromatic rings. The molecule has 0 aliphatic carbocycles. The van der Waals surface area contributed by atoms with Crippen LogP contribution >= 0.6 is 0 Å². The Hall–Kier alpha value is -2.84. The van der Waals surface area contributed by atoms with Gasteiger partial charge in [0.1, 0.15) is 0 Å². The van der Waals surface area contributed by atoms with Crippen molar-refractivity contribution in [2.75, 3.05) is 13.1 Å². The van der Waals surface area contributed by atoms with Crippen LogP contribution in [-0.2, 0) is 21.5 Å². The number of carboxylic acids is 1. The number of carboxylic acid groups (broad SMARTS) is 1. The van der Waals surface area contributed by atoms with Gasteiger partial charge in [0.05, 0.1) is 17.3 Å². The molecule has 3 rings (SSSR count). The first-order valence-corrected chi connectivity index (χ1v) is 9.14. The lowest BCUT2D eigenvalue weighted by Gasteiger charge is -2.43. The van der Waals surface area contributed by atoms with Gasteiger partial charge in [0.15, 0.2) is 0 Å². The number of aliphatic hydroxyl groups is 1. The van der Waals surface area contributed by atoms with Crippen LogP contribution in [0.4, 0.5) is 0 Å². The second-order valence-electron chi connectivity index (χ2n) is 6.57. The van der Waals surface area contributed by atoms with E-state index in [0.29, 0.717) is 25.8 Å². The van der Waals surface area contributed by atoms with Crippen LogP contribution in [-0.4, -0.2) is 51.3 Å². The first kappa shape index (κ1) is 21.5. The van der Waals surface area contributed by atoms with Crippen LogP contribution in [0.1, 0.15) is 31.0 Å². The molecule has 0 saturated carbocycles. The maximum Gasteiger partial charge on any atom is 0.300 e. The van der Waals surface area contributed by atoms with Crippen molar-refractivity contribution in [2.24, 2.45) is 0 Å². The van der Waals surface area contributed by atoms with Crippen LogP contribution in [0.3, 0.4) is 0 Å². The number of nitrogens with one attached hydrogen (secondary N) is 2. The Labute approximate surface area is 164 Å². The number of piperidine rings is 1. The van der Waals surface area contributed by atoms with Crippen molar-refractivity contribution in [3.63, 3.8) is 0 Å². The van der Waals surface area contributed by atoms with Crippen molar-refractivity contribution in [1.82, 2.24) is 20.6 Å². The van der Waals surface area contributed by atoms with E-state index in [4.69, 9.17) is 9.90 Å². The van der Waals surface area contributed by atoms with Crippen molar-refractivity contribution >= 4 is 11.9 Å². The maximum absolute atomic E-state index is 12.5. The molecule has 0 radical (unpaired) electrons. The summed E-state index contributed by atoms with van der Waals surface area (Å²) in [4.78, 5) is 29.7. The summed E-state index contributed by atoms with van der Waals surface area (Å²) in [7, 11) is 0. The average Bonchev–Trinajstić information content (AvgIpc) is 2.69. The number of nitrogens with zero attached hydrogens (tertiary/aromatic N) is 2. The summed E-state index contributed by atoms with van der Waals surface area (Å²) < 4.78 is 0. The molecule has 8 heteroatoms. The number of hydrogen-bond donors (Lipinski definition) is 4. The standard InChI is InChI=1S/C18H22N4O2.C2H4O2/c23-16-13-19-9-8-18(16,14-4-2-1-3-5-14)22-17(24)7-6-15-12-20-10-11-21-15;1-2(3)4/h1-5,10-12,16,19,23H,6-9,13H2,(H,22,24);1H3,(H,3,4)/t16-,18-;/m1./s1. The Morgan fingerprint density at radius 2 is 2.00 bits per heavy atom. The number of amides is 1. The van der Waals surface area contributed by atoms with Gasteiger partial charge in [0, 0.05) is 38.5 Å². The van der Waals surface area contributed by atoms with Gasteiger partial charge >= 0.3 is 0 Å². The summed E-state index contributed by atoms with van der Waals surface area (Å²) in [6.45, 7) is 2.29. The molecule has 1 amide bonds. The molecule has 28 heavy (non-hydrogen) atoms. The van der Waals surface area contributed by atoms with Gasteiger partial charge in [-0.2, -0.15) is 0 Å². The monoisotopic (exact) mass is 386 g/mol. The quantitative estimate of drug-likeness (QED) is 0.601. The highest BCUT2D eigenvalue weighted by Crippen LogP contribution is 2.31. The van der Waals surface area contributed by atoms with Gasteiger partial charge < -0.3 is 20.8 Å². The molecule has 4 N–H and O–H groups in total. The zero-order valence-electron chi connectivity index (χ0n) is 15.8. The summed E-state index contributed by atoms with van der Waals surface area (Å²) in [5.41, 5.74) is 0.977. The Balaban J connectivity index is 0.000000640. The number of carbonyl (C=O) groups is 2. The molecule has 1 fully saturated rings. The predicted molar refractivity (Wildman–Crippen MR) is 103 cm³/mol. The number of aromatic nitrogens is 2. The van der Waals surface area contributed by atoms with E-state index >= 15 is 0 Å². The van der Waals surface area contributed by atoms with Crippen molar-refractivity contribution in [3.8, 4) is 0 Å². The topological polar surface area (TPSA) is 124 Å². The Morgan fingerprint density at radius 3 is 2.61 bits per heavy atom. The highest BCUT2D eigenvalue weighted by molar-refractivity contribution is 5.77. The molecule has 1 saturated heterocycles. The third kappa shape index (κ3) is 6.11. The number of benzene rings is 1. The van der Waals surface area contributed by atoms with Crippen LogP contribution in [0.15, 0.2) is 48.9 Å².